The Balaban J connectivity index is 2.86. The minimum absolute atomic E-state index is 0.132. The molecule has 19 heavy (non-hydrogen) atoms. The third-order valence-corrected chi connectivity index (χ3v) is 4.56. The molecule has 3 heterocycles. The Morgan fingerprint density at radius 3 is 1.95 bits per heavy atom. The topological polar surface area (TPSA) is 34.4 Å². The molecule has 0 atom stereocenters. The van der Waals surface area contributed by atoms with Crippen molar-refractivity contribution in [3.8, 4) is 0 Å². The first-order valence-electron chi connectivity index (χ1n) is 6.57. The van der Waals surface area contributed by atoms with E-state index < -0.39 is 0 Å². The van der Waals surface area contributed by atoms with Crippen molar-refractivity contribution in [1.29, 1.82) is 0 Å². The highest BCUT2D eigenvalue weighted by molar-refractivity contribution is 5.82. The van der Waals surface area contributed by atoms with Gasteiger partial charge in [0.1, 0.15) is 11.2 Å². The Morgan fingerprint density at radius 1 is 0.737 bits per heavy atom. The number of hydrogen-bond acceptors (Lipinski definition) is 2. The minimum Gasteiger partial charge on any atom is -0.290 e. The minimum atomic E-state index is 0.132. The van der Waals surface area contributed by atoms with Gasteiger partial charge in [0.15, 0.2) is 0 Å². The van der Waals surface area contributed by atoms with E-state index in [0.29, 0.717) is 0 Å². The summed E-state index contributed by atoms with van der Waals surface area (Å²) in [4.78, 5) is 17.3. The Morgan fingerprint density at radius 2 is 1.32 bits per heavy atom. The number of rotatable bonds is 0. The molecular weight excluding hydrogens is 236 g/mol. The van der Waals surface area contributed by atoms with Crippen LogP contribution in [-0.4, -0.2) is 9.38 Å². The van der Waals surface area contributed by atoms with Gasteiger partial charge in [0.2, 0.25) is 5.43 Å². The molecule has 3 aromatic rings. The van der Waals surface area contributed by atoms with Gasteiger partial charge in [0.25, 0.3) is 0 Å². The van der Waals surface area contributed by atoms with Crippen LogP contribution in [0.2, 0.25) is 0 Å². The van der Waals surface area contributed by atoms with Crippen molar-refractivity contribution in [3.63, 3.8) is 0 Å². The van der Waals surface area contributed by atoms with Gasteiger partial charge in [-0.3, -0.25) is 9.20 Å². The van der Waals surface area contributed by atoms with Gasteiger partial charge >= 0.3 is 0 Å². The normalized spacial score (nSPS) is 11.9. The number of pyridine rings is 1. The highest BCUT2D eigenvalue weighted by Crippen LogP contribution is 2.29. The Bertz CT molecular complexity index is 888. The van der Waals surface area contributed by atoms with E-state index in [-0.39, 0.29) is 5.43 Å². The second kappa shape index (κ2) is 3.56. The van der Waals surface area contributed by atoms with Crippen LogP contribution in [0.4, 0.5) is 0 Å². The van der Waals surface area contributed by atoms with Crippen LogP contribution in [0.25, 0.3) is 16.7 Å². The molecule has 0 fully saturated rings. The van der Waals surface area contributed by atoms with Crippen LogP contribution >= 0.6 is 0 Å². The van der Waals surface area contributed by atoms with Crippen molar-refractivity contribution in [2.75, 3.05) is 0 Å². The molecule has 0 aromatic carbocycles. The molecule has 0 N–H and O–H groups in total. The molecule has 0 saturated carbocycles. The highest BCUT2D eigenvalue weighted by atomic mass is 16.1. The first-order chi connectivity index (χ1) is 8.86. The highest BCUT2D eigenvalue weighted by Gasteiger charge is 2.20. The molecular formula is C16H18N2O. The van der Waals surface area contributed by atoms with E-state index in [0.717, 1.165) is 39.1 Å². The summed E-state index contributed by atoms with van der Waals surface area (Å²) in [5, 5.41) is 0. The first kappa shape index (κ1) is 12.2. The van der Waals surface area contributed by atoms with Gasteiger partial charge < -0.3 is 0 Å². The molecule has 0 aliphatic rings. The summed E-state index contributed by atoms with van der Waals surface area (Å²) in [5.41, 5.74) is 9.23. The van der Waals surface area contributed by atoms with E-state index >= 15 is 0 Å². The molecule has 98 valence electrons. The molecule has 0 unspecified atom stereocenters. The van der Waals surface area contributed by atoms with Crippen molar-refractivity contribution in [2.24, 2.45) is 0 Å². The fourth-order valence-electron chi connectivity index (χ4n) is 2.97. The first-order valence-corrected chi connectivity index (χ1v) is 6.57. The third-order valence-electron chi connectivity index (χ3n) is 4.56. The molecule has 0 bridgehead atoms. The van der Waals surface area contributed by atoms with Crippen LogP contribution < -0.4 is 5.43 Å². The van der Waals surface area contributed by atoms with Crippen LogP contribution in [0.1, 0.15) is 33.5 Å². The SMILES string of the molecule is Cc1nc2c(C)c(C)c3c(C)c(C)c(=O)c(c1C)n23. The molecule has 0 aliphatic carbocycles. The van der Waals surface area contributed by atoms with E-state index in [9.17, 15) is 4.79 Å². The molecule has 0 radical (unpaired) electrons. The molecule has 3 aromatic heterocycles. The fourth-order valence-corrected chi connectivity index (χ4v) is 2.97. The van der Waals surface area contributed by atoms with Crippen molar-refractivity contribution in [3.05, 3.63) is 43.7 Å². The maximum absolute atomic E-state index is 12.6. The quantitative estimate of drug-likeness (QED) is 0.617. The van der Waals surface area contributed by atoms with Crippen LogP contribution in [0.15, 0.2) is 4.79 Å². The average Bonchev–Trinajstić information content (AvgIpc) is 2.61. The second-order valence-electron chi connectivity index (χ2n) is 5.51. The summed E-state index contributed by atoms with van der Waals surface area (Å²) in [6.45, 7) is 12.1. The van der Waals surface area contributed by atoms with Crippen LogP contribution in [0.3, 0.4) is 0 Å². The van der Waals surface area contributed by atoms with Crippen molar-refractivity contribution < 1.29 is 0 Å². The lowest BCUT2D eigenvalue weighted by Crippen LogP contribution is -2.15. The maximum Gasteiger partial charge on any atom is 0.206 e. The Kier molecular flexibility index (Phi) is 2.28. The smallest absolute Gasteiger partial charge is 0.206 e. The lowest BCUT2D eigenvalue weighted by atomic mass is 10.0. The molecule has 3 rings (SSSR count). The average molecular weight is 254 g/mol. The zero-order chi connectivity index (χ0) is 14.1. The number of hydrogen-bond donors (Lipinski definition) is 0. The Hall–Kier alpha value is -1.90. The summed E-state index contributed by atoms with van der Waals surface area (Å²) in [6, 6.07) is 0. The van der Waals surface area contributed by atoms with Gasteiger partial charge in [-0.05, 0) is 63.8 Å². The monoisotopic (exact) mass is 254 g/mol. The molecule has 0 spiro atoms. The van der Waals surface area contributed by atoms with Gasteiger partial charge in [-0.2, -0.15) is 0 Å². The van der Waals surface area contributed by atoms with Crippen molar-refractivity contribution in [1.82, 2.24) is 9.38 Å². The molecule has 0 amide bonds. The lowest BCUT2D eigenvalue weighted by molar-refractivity contribution is 1.08. The summed E-state index contributed by atoms with van der Waals surface area (Å²) < 4.78 is 2.05. The number of nitrogens with zero attached hydrogens (tertiary/aromatic N) is 2. The van der Waals surface area contributed by atoms with Crippen molar-refractivity contribution in [2.45, 2.75) is 41.5 Å². The van der Waals surface area contributed by atoms with Gasteiger partial charge in [-0.15, -0.1) is 0 Å². The summed E-state index contributed by atoms with van der Waals surface area (Å²) in [7, 11) is 0. The summed E-state index contributed by atoms with van der Waals surface area (Å²) in [6.07, 6.45) is 0. The zero-order valence-electron chi connectivity index (χ0n) is 12.3. The second-order valence-corrected chi connectivity index (χ2v) is 5.51. The van der Waals surface area contributed by atoms with E-state index in [4.69, 9.17) is 0 Å². The predicted molar refractivity (Wildman–Crippen MR) is 78.6 cm³/mol. The predicted octanol–water partition coefficient (Wildman–Crippen LogP) is 3.14. The largest absolute Gasteiger partial charge is 0.290 e. The molecule has 3 heteroatoms. The van der Waals surface area contributed by atoms with Crippen molar-refractivity contribution >= 4 is 16.7 Å². The van der Waals surface area contributed by atoms with Gasteiger partial charge in [-0.1, -0.05) is 0 Å². The van der Waals surface area contributed by atoms with E-state index in [1.165, 1.54) is 11.1 Å². The zero-order valence-corrected chi connectivity index (χ0v) is 12.3. The van der Waals surface area contributed by atoms with E-state index in [2.05, 4.69) is 23.2 Å². The summed E-state index contributed by atoms with van der Waals surface area (Å²) >= 11 is 0. The van der Waals surface area contributed by atoms with Gasteiger partial charge in [0, 0.05) is 11.3 Å². The Labute approximate surface area is 112 Å². The fraction of sp³-hybridized carbons (Fsp3) is 0.375. The standard InChI is InChI=1S/C16H18N2O/c1-7-9(3)15(19)14-11(5)12(6)17-16-10(4)8(2)13(7)18(14)16/h1-6H3. The maximum atomic E-state index is 12.6. The molecule has 0 aliphatic heterocycles. The third kappa shape index (κ3) is 1.28. The van der Waals surface area contributed by atoms with Crippen LogP contribution in [0.5, 0.6) is 0 Å². The summed E-state index contributed by atoms with van der Waals surface area (Å²) in [5.74, 6) is 0. The molecule has 3 nitrogen and oxygen atoms in total. The number of aromatic nitrogens is 2. The van der Waals surface area contributed by atoms with Crippen LogP contribution in [0, 0.1) is 41.5 Å². The lowest BCUT2D eigenvalue weighted by Gasteiger charge is -2.11. The van der Waals surface area contributed by atoms with Crippen LogP contribution in [-0.2, 0) is 0 Å². The molecule has 0 saturated heterocycles. The van der Waals surface area contributed by atoms with Gasteiger partial charge in [-0.25, -0.2) is 4.98 Å². The van der Waals surface area contributed by atoms with E-state index in [1.54, 1.807) is 0 Å². The van der Waals surface area contributed by atoms with Gasteiger partial charge in [0.05, 0.1) is 5.52 Å². The number of aryl methyl sites for hydroxylation is 5. The van der Waals surface area contributed by atoms with E-state index in [1.807, 2.05) is 27.7 Å².